The Kier molecular flexibility index (Phi) is 6.16. The molecule has 4 unspecified atom stereocenters. The number of aromatic amines is 1. The van der Waals surface area contributed by atoms with E-state index in [0.29, 0.717) is 25.2 Å². The van der Waals surface area contributed by atoms with Crippen molar-refractivity contribution in [2.24, 2.45) is 11.3 Å². The van der Waals surface area contributed by atoms with E-state index in [9.17, 15) is 19.1 Å². The lowest BCUT2D eigenvalue weighted by Crippen LogP contribution is -2.54. The minimum atomic E-state index is -0.718. The molecule has 6 heteroatoms. The smallest absolute Gasteiger partial charge is 0.309 e. The number of nitrogens with one attached hydrogen (secondary N) is 1. The lowest BCUT2D eigenvalue weighted by Gasteiger charge is -2.49. The molecule has 1 saturated heterocycles. The summed E-state index contributed by atoms with van der Waals surface area (Å²) >= 11 is 0. The minimum absolute atomic E-state index is 0.0102. The molecule has 2 bridgehead atoms. The van der Waals surface area contributed by atoms with Crippen molar-refractivity contribution in [2.75, 3.05) is 6.54 Å². The maximum atomic E-state index is 13.5. The van der Waals surface area contributed by atoms with Gasteiger partial charge in [-0.25, -0.2) is 4.39 Å². The highest BCUT2D eigenvalue weighted by atomic mass is 19.1. The molecular weight excluding hydrogens is 443 g/mol. The van der Waals surface area contributed by atoms with Gasteiger partial charge in [0.25, 0.3) is 0 Å². The number of H-pyrrole nitrogens is 1. The Bertz CT molecular complexity index is 1250. The Morgan fingerprint density at radius 1 is 1.20 bits per heavy atom. The summed E-state index contributed by atoms with van der Waals surface area (Å²) in [6.45, 7) is 4.75. The fraction of sp³-hybridized carbons (Fsp3) is 0.448. The summed E-state index contributed by atoms with van der Waals surface area (Å²) in [4.78, 5) is 31.0. The van der Waals surface area contributed by atoms with Crippen LogP contribution in [0.25, 0.3) is 22.0 Å². The molecule has 2 fully saturated rings. The summed E-state index contributed by atoms with van der Waals surface area (Å²) in [6, 6.07) is 12.5. The second-order valence-electron chi connectivity index (χ2n) is 10.6. The molecule has 1 saturated carbocycles. The van der Waals surface area contributed by atoms with Crippen LogP contribution in [0.4, 0.5) is 4.39 Å². The number of aromatic nitrogens is 1. The van der Waals surface area contributed by atoms with Crippen LogP contribution in [0.3, 0.4) is 0 Å². The van der Waals surface area contributed by atoms with Crippen LogP contribution in [0, 0.1) is 17.2 Å². The number of benzene rings is 2. The fourth-order valence-corrected chi connectivity index (χ4v) is 6.50. The van der Waals surface area contributed by atoms with E-state index in [-0.39, 0.29) is 23.7 Å². The van der Waals surface area contributed by atoms with E-state index in [1.54, 1.807) is 12.1 Å². The number of halogens is 1. The molecule has 2 aliphatic rings. The number of carbonyl (C=O) groups excluding carboxylic acids is 1. The highest BCUT2D eigenvalue weighted by Gasteiger charge is 2.49. The molecular formula is C29H33FN2O3. The van der Waals surface area contributed by atoms with Gasteiger partial charge in [0.1, 0.15) is 5.82 Å². The number of nitrogens with zero attached hydrogens (tertiary/aromatic N) is 1. The summed E-state index contributed by atoms with van der Waals surface area (Å²) in [5, 5.41) is 11.0. The zero-order valence-corrected chi connectivity index (χ0v) is 20.4. The molecule has 2 aromatic carbocycles. The molecule has 1 amide bonds. The third kappa shape index (κ3) is 4.24. The first-order valence-electron chi connectivity index (χ1n) is 12.7. The van der Waals surface area contributed by atoms with Crippen LogP contribution in [0.5, 0.6) is 0 Å². The second-order valence-corrected chi connectivity index (χ2v) is 10.6. The van der Waals surface area contributed by atoms with Crippen LogP contribution < -0.4 is 0 Å². The van der Waals surface area contributed by atoms with Crippen molar-refractivity contribution in [3.8, 4) is 11.1 Å². The van der Waals surface area contributed by atoms with Gasteiger partial charge in [0.15, 0.2) is 0 Å². The summed E-state index contributed by atoms with van der Waals surface area (Å²) < 4.78 is 13.5. The van der Waals surface area contributed by atoms with Crippen LogP contribution in [-0.2, 0) is 9.59 Å². The quantitative estimate of drug-likeness (QED) is 0.435. The van der Waals surface area contributed by atoms with E-state index >= 15 is 0 Å². The van der Waals surface area contributed by atoms with Gasteiger partial charge < -0.3 is 15.0 Å². The number of carboxylic acids is 1. The summed E-state index contributed by atoms with van der Waals surface area (Å²) in [7, 11) is 0. The average molecular weight is 477 g/mol. The molecule has 1 aromatic heterocycles. The van der Waals surface area contributed by atoms with Crippen LogP contribution >= 0.6 is 0 Å². The Balaban J connectivity index is 1.39. The molecule has 35 heavy (non-hydrogen) atoms. The molecule has 3 aromatic rings. The van der Waals surface area contributed by atoms with Gasteiger partial charge in [-0.3, -0.25) is 9.59 Å². The summed E-state index contributed by atoms with van der Waals surface area (Å²) in [6.07, 6.45) is 6.04. The van der Waals surface area contributed by atoms with E-state index < -0.39 is 11.4 Å². The van der Waals surface area contributed by atoms with Crippen LogP contribution in [0.2, 0.25) is 0 Å². The Hall–Kier alpha value is -3.15. The summed E-state index contributed by atoms with van der Waals surface area (Å²) in [5.41, 5.74) is 3.30. The minimum Gasteiger partial charge on any atom is -0.481 e. The van der Waals surface area contributed by atoms with Gasteiger partial charge in [0.2, 0.25) is 5.91 Å². The van der Waals surface area contributed by atoms with Crippen LogP contribution in [0.15, 0.2) is 48.7 Å². The number of carboxylic acid groups (broad SMARTS) is 1. The van der Waals surface area contributed by atoms with Gasteiger partial charge in [-0.15, -0.1) is 0 Å². The van der Waals surface area contributed by atoms with Gasteiger partial charge in [0.05, 0.1) is 5.41 Å². The van der Waals surface area contributed by atoms with Crippen molar-refractivity contribution >= 4 is 22.8 Å². The topological polar surface area (TPSA) is 73.4 Å². The Morgan fingerprint density at radius 2 is 1.97 bits per heavy atom. The number of likely N-dealkylation sites (tertiary alicyclic amines) is 1. The molecule has 0 spiro atoms. The van der Waals surface area contributed by atoms with Gasteiger partial charge in [0, 0.05) is 36.1 Å². The fourth-order valence-electron chi connectivity index (χ4n) is 6.50. The van der Waals surface area contributed by atoms with Crippen molar-refractivity contribution in [1.82, 2.24) is 9.88 Å². The monoisotopic (exact) mass is 476 g/mol. The normalized spacial score (nSPS) is 24.9. The Labute approximate surface area is 205 Å². The lowest BCUT2D eigenvalue weighted by atomic mass is 9.63. The molecule has 1 aliphatic carbocycles. The zero-order chi connectivity index (χ0) is 24.7. The highest BCUT2D eigenvalue weighted by molar-refractivity contribution is 5.98. The number of amides is 1. The lowest BCUT2D eigenvalue weighted by molar-refractivity contribution is -0.159. The molecule has 5 rings (SSSR count). The van der Waals surface area contributed by atoms with Gasteiger partial charge in [-0.2, -0.15) is 0 Å². The van der Waals surface area contributed by atoms with Gasteiger partial charge in [-0.05, 0) is 78.8 Å². The number of rotatable bonds is 6. The first kappa shape index (κ1) is 23.6. The van der Waals surface area contributed by atoms with Crippen molar-refractivity contribution in [1.29, 1.82) is 0 Å². The maximum Gasteiger partial charge on any atom is 0.309 e. The zero-order valence-electron chi connectivity index (χ0n) is 20.4. The number of aliphatic carboxylic acids is 1. The highest BCUT2D eigenvalue weighted by Crippen LogP contribution is 2.47. The first-order chi connectivity index (χ1) is 16.8. The Morgan fingerprint density at radius 3 is 2.69 bits per heavy atom. The number of fused-ring (bicyclic) bond motifs is 3. The van der Waals surface area contributed by atoms with Crippen molar-refractivity contribution in [3.05, 3.63) is 60.0 Å². The number of piperidine rings is 1. The largest absolute Gasteiger partial charge is 0.481 e. The van der Waals surface area contributed by atoms with E-state index in [1.165, 1.54) is 12.1 Å². The molecule has 1 aliphatic heterocycles. The number of carbonyl (C=O) groups is 2. The molecule has 184 valence electrons. The first-order valence-corrected chi connectivity index (χ1v) is 12.7. The van der Waals surface area contributed by atoms with Crippen molar-refractivity contribution in [3.63, 3.8) is 0 Å². The standard InChI is InChI=1S/C29H33FN2O3/c1-3-29(28(34)35)15-19-11-12-32(22(14-19)16-29)26(33)13-18(2)24-17-31-25-6-4-5-23(27(24)25)20-7-9-21(30)10-8-20/h4-10,17-19,22,31H,3,11-16H2,1-2H3,(H,34,35). The maximum absolute atomic E-state index is 13.5. The van der Waals surface area contributed by atoms with Gasteiger partial charge >= 0.3 is 5.97 Å². The molecule has 2 N–H and O–H groups in total. The second kappa shape index (κ2) is 9.14. The predicted octanol–water partition coefficient (Wildman–Crippen LogP) is 6.35. The van der Waals surface area contributed by atoms with E-state index in [2.05, 4.69) is 11.9 Å². The van der Waals surface area contributed by atoms with Crippen LogP contribution in [-0.4, -0.2) is 39.5 Å². The SMILES string of the molecule is CCC1(C(=O)O)CC2CCN(C(=O)CC(C)c3c[nH]c4cccc(-c5ccc(F)cc5)c34)C(C2)C1. The average Bonchev–Trinajstić information content (AvgIpc) is 3.29. The number of hydrogen-bond donors (Lipinski definition) is 2. The van der Waals surface area contributed by atoms with E-state index in [1.807, 2.05) is 36.2 Å². The van der Waals surface area contributed by atoms with Crippen LogP contribution in [0.1, 0.15) is 63.9 Å². The van der Waals surface area contributed by atoms with Crippen molar-refractivity contribution in [2.45, 2.75) is 64.3 Å². The molecule has 2 heterocycles. The third-order valence-corrected chi connectivity index (χ3v) is 8.48. The van der Waals surface area contributed by atoms with E-state index in [0.717, 1.165) is 53.4 Å². The summed E-state index contributed by atoms with van der Waals surface area (Å²) in [5.74, 6) is -0.514. The molecule has 4 atom stereocenters. The molecule has 5 nitrogen and oxygen atoms in total. The van der Waals surface area contributed by atoms with Crippen molar-refractivity contribution < 1.29 is 19.1 Å². The third-order valence-electron chi connectivity index (χ3n) is 8.48. The van der Waals surface area contributed by atoms with Gasteiger partial charge in [-0.1, -0.05) is 38.1 Å². The number of hydrogen-bond acceptors (Lipinski definition) is 2. The molecule has 0 radical (unpaired) electrons. The van der Waals surface area contributed by atoms with E-state index in [4.69, 9.17) is 0 Å². The predicted molar refractivity (Wildman–Crippen MR) is 135 cm³/mol.